The quantitative estimate of drug-likeness (QED) is 0.245. The van der Waals surface area contributed by atoms with Crippen molar-refractivity contribution in [3.8, 4) is 0 Å². The third-order valence-electron chi connectivity index (χ3n) is 7.40. The van der Waals surface area contributed by atoms with E-state index in [1.807, 2.05) is 42.0 Å². The fourth-order valence-electron chi connectivity index (χ4n) is 4.98. The van der Waals surface area contributed by atoms with Crippen molar-refractivity contribution < 1.29 is 27.9 Å². The maximum atomic E-state index is 13.5. The third kappa shape index (κ3) is 9.64. The number of aromatic nitrogens is 2. The van der Waals surface area contributed by atoms with Crippen molar-refractivity contribution >= 4 is 29.8 Å². The molecule has 0 spiro atoms. The van der Waals surface area contributed by atoms with Crippen molar-refractivity contribution in [3.63, 3.8) is 0 Å². The van der Waals surface area contributed by atoms with E-state index >= 15 is 0 Å². The van der Waals surface area contributed by atoms with Gasteiger partial charge in [0.25, 0.3) is 6.47 Å². The van der Waals surface area contributed by atoms with E-state index < -0.39 is 11.7 Å². The number of carbonyl (C=O) groups is 2. The van der Waals surface area contributed by atoms with E-state index in [0.29, 0.717) is 18.2 Å². The maximum Gasteiger partial charge on any atom is 0.416 e. The zero-order valence-corrected chi connectivity index (χ0v) is 24.8. The zero-order chi connectivity index (χ0) is 31.6. The summed E-state index contributed by atoms with van der Waals surface area (Å²) in [5.74, 6) is -0.175. The van der Waals surface area contributed by atoms with Gasteiger partial charge in [0.2, 0.25) is 5.91 Å². The first kappa shape index (κ1) is 33.3. The number of carboxylic acid groups (broad SMARTS) is 1. The Morgan fingerprint density at radius 1 is 1.09 bits per heavy atom. The first-order valence-corrected chi connectivity index (χ1v) is 14.0. The molecule has 1 aliphatic heterocycles. The van der Waals surface area contributed by atoms with E-state index in [2.05, 4.69) is 28.7 Å². The van der Waals surface area contributed by atoms with Gasteiger partial charge in [0.15, 0.2) is 0 Å². The summed E-state index contributed by atoms with van der Waals surface area (Å²) in [4.78, 5) is 36.9. The predicted octanol–water partition coefficient (Wildman–Crippen LogP) is 6.19. The Labute approximate surface area is 250 Å². The molecule has 0 bridgehead atoms. The molecule has 0 saturated carbocycles. The number of piperidine rings is 1. The van der Waals surface area contributed by atoms with E-state index in [0.717, 1.165) is 60.7 Å². The van der Waals surface area contributed by atoms with Crippen LogP contribution in [0.1, 0.15) is 49.1 Å². The van der Waals surface area contributed by atoms with Crippen LogP contribution in [-0.4, -0.2) is 69.5 Å². The van der Waals surface area contributed by atoms with Crippen LogP contribution in [0.3, 0.4) is 0 Å². The van der Waals surface area contributed by atoms with Crippen LogP contribution in [0.25, 0.3) is 6.08 Å². The smallest absolute Gasteiger partial charge is 0.416 e. The molecule has 3 aromatic rings. The van der Waals surface area contributed by atoms with E-state index in [1.54, 1.807) is 24.7 Å². The highest BCUT2D eigenvalue weighted by atomic mass is 19.4. The van der Waals surface area contributed by atoms with Gasteiger partial charge in [0, 0.05) is 68.6 Å². The lowest BCUT2D eigenvalue weighted by molar-refractivity contribution is -0.137. The van der Waals surface area contributed by atoms with Crippen LogP contribution >= 0.6 is 0 Å². The fraction of sp³-hybridized carbons (Fsp3) is 0.375. The van der Waals surface area contributed by atoms with Gasteiger partial charge in [-0.3, -0.25) is 19.6 Å². The number of alkyl halides is 3. The maximum absolute atomic E-state index is 13.5. The summed E-state index contributed by atoms with van der Waals surface area (Å²) in [6, 6.07) is 11.3. The highest BCUT2D eigenvalue weighted by Crippen LogP contribution is 2.29. The molecule has 1 aromatic carbocycles. The van der Waals surface area contributed by atoms with Gasteiger partial charge < -0.3 is 19.8 Å². The van der Waals surface area contributed by atoms with Gasteiger partial charge in [-0.15, -0.1) is 0 Å². The molecule has 11 heteroatoms. The van der Waals surface area contributed by atoms with Crippen molar-refractivity contribution in [2.75, 3.05) is 25.0 Å². The molecule has 0 radical (unpaired) electrons. The van der Waals surface area contributed by atoms with Gasteiger partial charge in [-0.05, 0) is 81.1 Å². The molecule has 230 valence electrons. The van der Waals surface area contributed by atoms with Crippen molar-refractivity contribution in [1.29, 1.82) is 0 Å². The molecular formula is C32H38F3N5O3. The van der Waals surface area contributed by atoms with Crippen LogP contribution in [-0.2, 0) is 22.3 Å². The molecule has 0 unspecified atom stereocenters. The summed E-state index contributed by atoms with van der Waals surface area (Å²) in [7, 11) is 1.97. The van der Waals surface area contributed by atoms with Crippen molar-refractivity contribution in [2.45, 2.75) is 58.4 Å². The second kappa shape index (κ2) is 15.3. The SMILES string of the molecule is Cc1cc(N(C)c2cncc(CN(C(=O)/C=C/c3ccc(C(F)(F)F)cc3)C3CCN(C(C)C)CC3)c2)ccn1.O=CO. The van der Waals surface area contributed by atoms with Crippen LogP contribution in [0.2, 0.25) is 0 Å². The number of rotatable bonds is 8. The Morgan fingerprint density at radius 3 is 2.33 bits per heavy atom. The molecule has 1 fully saturated rings. The van der Waals surface area contributed by atoms with Gasteiger partial charge in [0.1, 0.15) is 0 Å². The van der Waals surface area contributed by atoms with Gasteiger partial charge >= 0.3 is 6.18 Å². The minimum Gasteiger partial charge on any atom is -0.483 e. The van der Waals surface area contributed by atoms with Crippen LogP contribution in [0.5, 0.6) is 0 Å². The van der Waals surface area contributed by atoms with Crippen LogP contribution in [0, 0.1) is 6.92 Å². The Bertz CT molecular complexity index is 1370. The predicted molar refractivity (Wildman–Crippen MR) is 161 cm³/mol. The van der Waals surface area contributed by atoms with Crippen LogP contribution in [0.4, 0.5) is 24.5 Å². The molecule has 1 aliphatic rings. The molecule has 0 atom stereocenters. The standard InChI is InChI=1S/C31H36F3N5O.CH2O2/c1-22(2)38-15-12-27(13-16-38)39(30(40)10-7-24-5-8-26(9-6-24)31(32,33)34)21-25-18-29(20-35-19-25)37(4)28-11-14-36-23(3)17-28;2-1-3/h5-11,14,17-20,22,27H,12-13,15-16,21H2,1-4H3;1H,(H,2,3)/b10-7+;. The summed E-state index contributed by atoms with van der Waals surface area (Å²) in [6.45, 7) is 8.22. The normalized spacial score (nSPS) is 14.3. The molecule has 1 amide bonds. The van der Waals surface area contributed by atoms with Gasteiger partial charge in [-0.1, -0.05) is 12.1 Å². The number of hydrogen-bond donors (Lipinski definition) is 1. The second-order valence-electron chi connectivity index (χ2n) is 10.7. The molecular weight excluding hydrogens is 559 g/mol. The average molecular weight is 598 g/mol. The average Bonchev–Trinajstić information content (AvgIpc) is 2.98. The number of amides is 1. The first-order chi connectivity index (χ1) is 20.4. The zero-order valence-electron chi connectivity index (χ0n) is 24.8. The Balaban J connectivity index is 0.00000162. The minimum absolute atomic E-state index is 0.0454. The molecule has 2 aromatic heterocycles. The second-order valence-corrected chi connectivity index (χ2v) is 10.7. The van der Waals surface area contributed by atoms with Crippen LogP contribution in [0.15, 0.2) is 67.1 Å². The highest BCUT2D eigenvalue weighted by molar-refractivity contribution is 5.92. The number of benzene rings is 1. The minimum atomic E-state index is -4.40. The number of pyridine rings is 2. The van der Waals surface area contributed by atoms with Crippen molar-refractivity contribution in [3.05, 3.63) is 89.5 Å². The Kier molecular flexibility index (Phi) is 11.8. The number of nitrogens with zero attached hydrogens (tertiary/aromatic N) is 5. The molecule has 1 saturated heterocycles. The van der Waals surface area contributed by atoms with Gasteiger partial charge in [-0.25, -0.2) is 0 Å². The lowest BCUT2D eigenvalue weighted by Crippen LogP contribution is -2.48. The summed E-state index contributed by atoms with van der Waals surface area (Å²) < 4.78 is 38.8. The molecule has 43 heavy (non-hydrogen) atoms. The topological polar surface area (TPSA) is 89.9 Å². The number of hydrogen-bond acceptors (Lipinski definition) is 6. The first-order valence-electron chi connectivity index (χ1n) is 14.0. The molecule has 8 nitrogen and oxygen atoms in total. The molecule has 4 rings (SSSR count). The summed E-state index contributed by atoms with van der Waals surface area (Å²) >= 11 is 0. The number of aryl methyl sites for hydroxylation is 1. The third-order valence-corrected chi connectivity index (χ3v) is 7.40. The van der Waals surface area contributed by atoms with E-state index in [9.17, 15) is 18.0 Å². The largest absolute Gasteiger partial charge is 0.483 e. The van der Waals surface area contributed by atoms with Crippen molar-refractivity contribution in [1.82, 2.24) is 19.8 Å². The number of carbonyl (C=O) groups excluding carboxylic acids is 1. The van der Waals surface area contributed by atoms with E-state index in [1.165, 1.54) is 18.2 Å². The monoisotopic (exact) mass is 597 g/mol. The van der Waals surface area contributed by atoms with E-state index in [4.69, 9.17) is 9.90 Å². The Morgan fingerprint density at radius 2 is 1.74 bits per heavy atom. The summed E-state index contributed by atoms with van der Waals surface area (Å²) in [5, 5.41) is 6.89. The number of likely N-dealkylation sites (tertiary alicyclic amines) is 1. The Hall–Kier alpha value is -4.25. The lowest BCUT2D eigenvalue weighted by Gasteiger charge is -2.39. The summed E-state index contributed by atoms with van der Waals surface area (Å²) in [6.07, 6.45) is 5.67. The van der Waals surface area contributed by atoms with Gasteiger partial charge in [-0.2, -0.15) is 13.2 Å². The van der Waals surface area contributed by atoms with Crippen LogP contribution < -0.4 is 4.90 Å². The molecule has 0 aliphatic carbocycles. The van der Waals surface area contributed by atoms with Crippen molar-refractivity contribution in [2.24, 2.45) is 0 Å². The van der Waals surface area contributed by atoms with E-state index in [-0.39, 0.29) is 18.4 Å². The molecule has 3 heterocycles. The highest BCUT2D eigenvalue weighted by Gasteiger charge is 2.30. The molecule has 1 N–H and O–H groups in total. The van der Waals surface area contributed by atoms with Gasteiger partial charge in [0.05, 0.1) is 17.4 Å². The number of halogens is 3. The number of anilines is 2. The summed E-state index contributed by atoms with van der Waals surface area (Å²) in [5.41, 5.74) is 3.52. The fourth-order valence-corrected chi connectivity index (χ4v) is 4.98. The lowest BCUT2D eigenvalue weighted by atomic mass is 10.0.